The smallest absolute Gasteiger partial charge is 0.285 e. The number of nitrogens with zero attached hydrogens (tertiary/aromatic N) is 2. The molecule has 0 saturated carbocycles. The predicted molar refractivity (Wildman–Crippen MR) is 97.7 cm³/mol. The van der Waals surface area contributed by atoms with E-state index in [4.69, 9.17) is 9.47 Å². The number of thiazole rings is 1. The van der Waals surface area contributed by atoms with Crippen LogP contribution in [-0.2, 0) is 16.6 Å². The lowest BCUT2D eigenvalue weighted by Gasteiger charge is -2.08. The number of hydrogen-bond acceptors (Lipinski definition) is 5. The molecule has 1 heterocycles. The van der Waals surface area contributed by atoms with Crippen molar-refractivity contribution in [3.05, 3.63) is 47.0 Å². The first kappa shape index (κ1) is 18.4. The zero-order valence-corrected chi connectivity index (χ0v) is 16.0. The van der Waals surface area contributed by atoms with Gasteiger partial charge in [-0.1, -0.05) is 11.3 Å². The Balaban J connectivity index is 2.23. The molecule has 0 fully saturated rings. The highest BCUT2D eigenvalue weighted by Gasteiger charge is 2.16. The SMILES string of the molecule is CCn1/c(=N/S(=O)(=O)c2ccc(F)cc2)sc2cc(OC)c(OC)cc21. The van der Waals surface area contributed by atoms with Gasteiger partial charge in [-0.05, 0) is 31.2 Å². The third-order valence-electron chi connectivity index (χ3n) is 3.81. The lowest BCUT2D eigenvalue weighted by atomic mass is 10.3. The number of benzene rings is 2. The van der Waals surface area contributed by atoms with Crippen LogP contribution in [-0.4, -0.2) is 27.2 Å². The van der Waals surface area contributed by atoms with Gasteiger partial charge in [0.1, 0.15) is 5.82 Å². The maximum Gasteiger partial charge on any atom is 0.285 e. The Hall–Kier alpha value is -2.39. The molecule has 0 amide bonds. The molecule has 3 aromatic rings. The minimum atomic E-state index is -3.96. The molecule has 0 aliphatic carbocycles. The highest BCUT2D eigenvalue weighted by Crippen LogP contribution is 2.33. The largest absolute Gasteiger partial charge is 0.493 e. The fourth-order valence-corrected chi connectivity index (χ4v) is 4.84. The molecule has 1 aromatic heterocycles. The zero-order valence-electron chi connectivity index (χ0n) is 14.4. The molecule has 0 atom stereocenters. The monoisotopic (exact) mass is 396 g/mol. The van der Waals surface area contributed by atoms with Gasteiger partial charge in [-0.25, -0.2) is 4.39 Å². The van der Waals surface area contributed by atoms with Crippen LogP contribution in [0.4, 0.5) is 4.39 Å². The van der Waals surface area contributed by atoms with Gasteiger partial charge >= 0.3 is 0 Å². The molecule has 9 heteroatoms. The standard InChI is InChI=1S/C17H17FN2O4S2/c1-4-20-13-9-14(23-2)15(24-3)10-16(13)25-17(20)19-26(21,22)12-7-5-11(18)6-8-12/h5-10H,4H2,1-3H3/b19-17-. The second kappa shape index (κ2) is 7.08. The van der Waals surface area contributed by atoms with E-state index in [0.29, 0.717) is 22.8 Å². The van der Waals surface area contributed by atoms with E-state index in [1.165, 1.54) is 37.7 Å². The summed E-state index contributed by atoms with van der Waals surface area (Å²) in [5.74, 6) is 0.596. The molecule has 0 unspecified atom stereocenters. The van der Waals surface area contributed by atoms with E-state index in [2.05, 4.69) is 4.40 Å². The Morgan fingerprint density at radius 1 is 1.12 bits per heavy atom. The molecule has 0 radical (unpaired) electrons. The van der Waals surface area contributed by atoms with Gasteiger partial charge in [0, 0.05) is 18.7 Å². The highest BCUT2D eigenvalue weighted by atomic mass is 32.2. The number of fused-ring (bicyclic) bond motifs is 1. The molecular weight excluding hydrogens is 379 g/mol. The summed E-state index contributed by atoms with van der Waals surface area (Å²) in [6.07, 6.45) is 0. The van der Waals surface area contributed by atoms with Crippen LogP contribution in [0.2, 0.25) is 0 Å². The molecule has 0 N–H and O–H groups in total. The van der Waals surface area contributed by atoms with Crippen LogP contribution in [0.25, 0.3) is 10.2 Å². The van der Waals surface area contributed by atoms with Gasteiger partial charge in [-0.3, -0.25) is 0 Å². The Morgan fingerprint density at radius 3 is 2.31 bits per heavy atom. The third kappa shape index (κ3) is 3.32. The van der Waals surface area contributed by atoms with Crippen molar-refractivity contribution >= 4 is 31.6 Å². The summed E-state index contributed by atoms with van der Waals surface area (Å²) in [5, 5.41) is 0. The lowest BCUT2D eigenvalue weighted by Crippen LogP contribution is -2.16. The van der Waals surface area contributed by atoms with E-state index in [1.807, 2.05) is 6.92 Å². The topological polar surface area (TPSA) is 69.9 Å². The molecule has 0 spiro atoms. The van der Waals surface area contributed by atoms with Gasteiger partial charge < -0.3 is 14.0 Å². The molecule has 138 valence electrons. The van der Waals surface area contributed by atoms with Crippen LogP contribution >= 0.6 is 11.3 Å². The summed E-state index contributed by atoms with van der Waals surface area (Å²) in [6.45, 7) is 2.42. The second-order valence-corrected chi connectivity index (χ2v) is 7.94. The Labute approximate surface area is 154 Å². The molecule has 0 aliphatic heterocycles. The number of ether oxygens (including phenoxy) is 2. The van der Waals surface area contributed by atoms with Crippen molar-refractivity contribution in [1.82, 2.24) is 4.57 Å². The van der Waals surface area contributed by atoms with E-state index >= 15 is 0 Å². The highest BCUT2D eigenvalue weighted by molar-refractivity contribution is 7.90. The van der Waals surface area contributed by atoms with E-state index in [1.54, 1.807) is 16.7 Å². The number of halogens is 1. The molecule has 26 heavy (non-hydrogen) atoms. The minimum absolute atomic E-state index is 0.0610. The average molecular weight is 396 g/mol. The quantitative estimate of drug-likeness (QED) is 0.664. The van der Waals surface area contributed by atoms with Gasteiger partial charge in [0.25, 0.3) is 10.0 Å². The third-order valence-corrected chi connectivity index (χ3v) is 6.25. The van der Waals surface area contributed by atoms with Crippen LogP contribution in [0.15, 0.2) is 45.7 Å². The van der Waals surface area contributed by atoms with Crippen LogP contribution < -0.4 is 14.3 Å². The minimum Gasteiger partial charge on any atom is -0.493 e. The van der Waals surface area contributed by atoms with Gasteiger partial charge in [0.05, 0.1) is 29.3 Å². The maximum absolute atomic E-state index is 13.1. The summed E-state index contributed by atoms with van der Waals surface area (Å²) >= 11 is 1.23. The maximum atomic E-state index is 13.1. The second-order valence-electron chi connectivity index (χ2n) is 5.32. The van der Waals surface area contributed by atoms with Gasteiger partial charge in [-0.2, -0.15) is 8.42 Å². The Kier molecular flexibility index (Phi) is 5.01. The summed E-state index contributed by atoms with van der Waals surface area (Å²) in [7, 11) is -0.881. The number of rotatable bonds is 5. The van der Waals surface area contributed by atoms with E-state index < -0.39 is 15.8 Å². The van der Waals surface area contributed by atoms with Crippen molar-refractivity contribution in [2.45, 2.75) is 18.4 Å². The van der Waals surface area contributed by atoms with Crippen LogP contribution in [0.1, 0.15) is 6.92 Å². The van der Waals surface area contributed by atoms with Crippen LogP contribution in [0.5, 0.6) is 11.5 Å². The predicted octanol–water partition coefficient (Wildman–Crippen LogP) is 3.17. The normalized spacial score (nSPS) is 12.5. The Bertz CT molecular complexity index is 1120. The summed E-state index contributed by atoms with van der Waals surface area (Å²) < 4.78 is 55.3. The molecule has 6 nitrogen and oxygen atoms in total. The van der Waals surface area contributed by atoms with Crippen molar-refractivity contribution < 1.29 is 22.3 Å². The summed E-state index contributed by atoms with van der Waals surface area (Å²) in [6, 6.07) is 8.16. The molecule has 0 aliphatic rings. The van der Waals surface area contributed by atoms with Gasteiger partial charge in [0.15, 0.2) is 11.5 Å². The van der Waals surface area contributed by atoms with E-state index in [-0.39, 0.29) is 4.90 Å². The Morgan fingerprint density at radius 2 is 1.73 bits per heavy atom. The van der Waals surface area contributed by atoms with Crippen molar-refractivity contribution in [2.24, 2.45) is 4.40 Å². The van der Waals surface area contributed by atoms with Crippen molar-refractivity contribution in [1.29, 1.82) is 0 Å². The van der Waals surface area contributed by atoms with Gasteiger partial charge in [-0.15, -0.1) is 4.40 Å². The first-order valence-corrected chi connectivity index (χ1v) is 9.97. The molecule has 0 saturated heterocycles. The summed E-state index contributed by atoms with van der Waals surface area (Å²) in [5.41, 5.74) is 0.795. The number of aryl methyl sites for hydroxylation is 1. The van der Waals surface area contributed by atoms with Crippen molar-refractivity contribution in [2.75, 3.05) is 14.2 Å². The lowest BCUT2D eigenvalue weighted by molar-refractivity contribution is 0.355. The number of aromatic nitrogens is 1. The fraction of sp³-hybridized carbons (Fsp3) is 0.235. The van der Waals surface area contributed by atoms with Crippen molar-refractivity contribution in [3.63, 3.8) is 0 Å². The van der Waals surface area contributed by atoms with E-state index in [9.17, 15) is 12.8 Å². The average Bonchev–Trinajstić information content (AvgIpc) is 2.95. The molecule has 0 bridgehead atoms. The van der Waals surface area contributed by atoms with E-state index in [0.717, 1.165) is 22.3 Å². The number of methoxy groups -OCH3 is 2. The van der Waals surface area contributed by atoms with Crippen LogP contribution in [0.3, 0.4) is 0 Å². The molecule has 2 aromatic carbocycles. The fourth-order valence-electron chi connectivity index (χ4n) is 2.53. The summed E-state index contributed by atoms with van der Waals surface area (Å²) in [4.78, 5) is 0.260. The number of sulfonamides is 1. The zero-order chi connectivity index (χ0) is 18.9. The number of hydrogen-bond donors (Lipinski definition) is 0. The first-order valence-electron chi connectivity index (χ1n) is 7.71. The van der Waals surface area contributed by atoms with Crippen molar-refractivity contribution in [3.8, 4) is 11.5 Å². The van der Waals surface area contributed by atoms with Crippen LogP contribution in [0, 0.1) is 5.82 Å². The molecule has 3 rings (SSSR count). The molecular formula is C17H17FN2O4S2. The van der Waals surface area contributed by atoms with Gasteiger partial charge in [0.2, 0.25) is 4.80 Å². The first-order chi connectivity index (χ1) is 12.4.